The Kier molecular flexibility index (Phi) is 2.03. The highest BCUT2D eigenvalue weighted by atomic mass is 32.1. The molecule has 1 unspecified atom stereocenters. The quantitative estimate of drug-likeness (QED) is 0.626. The number of aliphatic hydroxyl groups is 1. The van der Waals surface area contributed by atoms with Crippen LogP contribution in [0.5, 0.6) is 0 Å². The average Bonchev–Trinajstić information content (AvgIpc) is 2.34. The van der Waals surface area contributed by atoms with Crippen molar-refractivity contribution in [3.63, 3.8) is 0 Å². The number of aromatic nitrogens is 1. The molecule has 10 heavy (non-hydrogen) atoms. The smallest absolute Gasteiger partial charge is 0.134 e. The third kappa shape index (κ3) is 1.34. The van der Waals surface area contributed by atoms with E-state index in [0.717, 1.165) is 0 Å². The minimum absolute atomic E-state index is 0.445. The number of hydrogen-bond acceptors (Lipinski definition) is 4. The van der Waals surface area contributed by atoms with Gasteiger partial charge in [-0.25, -0.2) is 4.98 Å². The maximum atomic E-state index is 9.12. The fourth-order valence-corrected chi connectivity index (χ4v) is 1.23. The normalized spacial score (nSPS) is 12.9. The van der Waals surface area contributed by atoms with E-state index >= 15 is 0 Å². The second-order valence-corrected chi connectivity index (χ2v) is 2.68. The van der Waals surface area contributed by atoms with Crippen LogP contribution in [0.4, 0.5) is 5.82 Å². The fourth-order valence-electron chi connectivity index (χ4n) is 0.537. The summed E-state index contributed by atoms with van der Waals surface area (Å²) in [7, 11) is 0. The van der Waals surface area contributed by atoms with Gasteiger partial charge in [0.25, 0.3) is 0 Å². The van der Waals surface area contributed by atoms with Crippen LogP contribution in [0.3, 0.4) is 0 Å². The molecule has 0 bridgehead atoms. The minimum atomic E-state index is -0.678. The van der Waals surface area contributed by atoms with Gasteiger partial charge >= 0.3 is 0 Å². The summed E-state index contributed by atoms with van der Waals surface area (Å²) < 4.78 is 0. The highest BCUT2D eigenvalue weighted by Crippen LogP contribution is 2.19. The molecular formula is C6H8N2OS. The molecule has 1 atom stereocenters. The van der Waals surface area contributed by atoms with E-state index in [1.54, 1.807) is 5.38 Å². The SMILES string of the molecule is C=CC(O)c1nc(N)cs1. The summed E-state index contributed by atoms with van der Waals surface area (Å²) in [5.74, 6) is 0.445. The van der Waals surface area contributed by atoms with Gasteiger partial charge in [-0.05, 0) is 0 Å². The van der Waals surface area contributed by atoms with Gasteiger partial charge < -0.3 is 10.8 Å². The monoisotopic (exact) mass is 156 g/mol. The summed E-state index contributed by atoms with van der Waals surface area (Å²) in [6.07, 6.45) is 0.737. The highest BCUT2D eigenvalue weighted by molar-refractivity contribution is 7.10. The van der Waals surface area contributed by atoms with Crippen LogP contribution in [-0.4, -0.2) is 10.1 Å². The molecular weight excluding hydrogens is 148 g/mol. The molecule has 1 rings (SSSR count). The van der Waals surface area contributed by atoms with Gasteiger partial charge in [0.15, 0.2) is 0 Å². The predicted octanol–water partition coefficient (Wildman–Crippen LogP) is 0.945. The van der Waals surface area contributed by atoms with E-state index < -0.39 is 6.10 Å². The first-order valence-corrected chi connectivity index (χ1v) is 3.63. The highest BCUT2D eigenvalue weighted by Gasteiger charge is 2.05. The van der Waals surface area contributed by atoms with E-state index in [-0.39, 0.29) is 0 Å². The molecule has 0 amide bonds. The van der Waals surface area contributed by atoms with Crippen molar-refractivity contribution in [2.75, 3.05) is 5.73 Å². The Morgan fingerprint density at radius 2 is 2.60 bits per heavy atom. The summed E-state index contributed by atoms with van der Waals surface area (Å²) >= 11 is 1.32. The Morgan fingerprint density at radius 1 is 1.90 bits per heavy atom. The molecule has 4 heteroatoms. The Labute approximate surface area is 62.8 Å². The molecule has 0 aromatic carbocycles. The van der Waals surface area contributed by atoms with Crippen LogP contribution in [0.1, 0.15) is 11.1 Å². The Bertz CT molecular complexity index is 233. The molecule has 0 aliphatic heterocycles. The molecule has 0 aliphatic rings. The maximum Gasteiger partial charge on any atom is 0.134 e. The number of anilines is 1. The zero-order chi connectivity index (χ0) is 7.56. The molecule has 0 aliphatic carbocycles. The van der Waals surface area contributed by atoms with Crippen LogP contribution in [0, 0.1) is 0 Å². The molecule has 1 aromatic heterocycles. The molecule has 0 saturated carbocycles. The van der Waals surface area contributed by atoms with E-state index in [1.807, 2.05) is 0 Å². The molecule has 0 radical (unpaired) electrons. The lowest BCUT2D eigenvalue weighted by molar-refractivity contribution is 0.228. The molecule has 3 nitrogen and oxygen atoms in total. The third-order valence-corrected chi connectivity index (χ3v) is 1.95. The zero-order valence-electron chi connectivity index (χ0n) is 5.32. The van der Waals surface area contributed by atoms with Crippen molar-refractivity contribution < 1.29 is 5.11 Å². The van der Waals surface area contributed by atoms with Gasteiger partial charge in [0.2, 0.25) is 0 Å². The number of nitrogen functional groups attached to an aromatic ring is 1. The minimum Gasteiger partial charge on any atom is -0.383 e. The van der Waals surface area contributed by atoms with Crippen LogP contribution in [0.25, 0.3) is 0 Å². The number of rotatable bonds is 2. The van der Waals surface area contributed by atoms with Gasteiger partial charge in [-0.1, -0.05) is 6.08 Å². The zero-order valence-corrected chi connectivity index (χ0v) is 6.14. The molecule has 54 valence electrons. The van der Waals surface area contributed by atoms with Crippen molar-refractivity contribution in [2.24, 2.45) is 0 Å². The summed E-state index contributed by atoms with van der Waals surface area (Å²) in [6.45, 7) is 3.42. The van der Waals surface area contributed by atoms with E-state index in [1.165, 1.54) is 17.4 Å². The first-order chi connectivity index (χ1) is 4.74. The topological polar surface area (TPSA) is 59.1 Å². The van der Waals surface area contributed by atoms with Crippen molar-refractivity contribution >= 4 is 17.2 Å². The second kappa shape index (κ2) is 2.81. The van der Waals surface area contributed by atoms with Crippen LogP contribution < -0.4 is 5.73 Å². The van der Waals surface area contributed by atoms with Gasteiger partial charge in [0.05, 0.1) is 0 Å². The molecule has 3 N–H and O–H groups in total. The third-order valence-electron chi connectivity index (χ3n) is 1.02. The number of nitrogens with zero attached hydrogens (tertiary/aromatic N) is 1. The van der Waals surface area contributed by atoms with E-state index in [2.05, 4.69) is 11.6 Å². The lowest BCUT2D eigenvalue weighted by atomic mass is 10.4. The van der Waals surface area contributed by atoms with Gasteiger partial charge in [0, 0.05) is 5.38 Å². The van der Waals surface area contributed by atoms with Gasteiger partial charge in [-0.3, -0.25) is 0 Å². The van der Waals surface area contributed by atoms with Crippen molar-refractivity contribution in [1.82, 2.24) is 4.98 Å². The summed E-state index contributed by atoms with van der Waals surface area (Å²) in [4.78, 5) is 3.86. The van der Waals surface area contributed by atoms with E-state index in [4.69, 9.17) is 10.8 Å². The Balaban J connectivity index is 2.84. The summed E-state index contributed by atoms with van der Waals surface area (Å²) in [5.41, 5.74) is 5.32. The number of nitrogens with two attached hydrogens (primary N) is 1. The van der Waals surface area contributed by atoms with Crippen molar-refractivity contribution in [2.45, 2.75) is 6.10 Å². The molecule has 1 aromatic rings. The maximum absolute atomic E-state index is 9.12. The van der Waals surface area contributed by atoms with Crippen LogP contribution >= 0.6 is 11.3 Å². The van der Waals surface area contributed by atoms with E-state index in [0.29, 0.717) is 10.8 Å². The Morgan fingerprint density at radius 3 is 3.00 bits per heavy atom. The molecule has 0 saturated heterocycles. The lowest BCUT2D eigenvalue weighted by Crippen LogP contribution is -1.92. The summed E-state index contributed by atoms with van der Waals surface area (Å²) in [5, 5.41) is 11.4. The van der Waals surface area contributed by atoms with Crippen molar-refractivity contribution in [3.8, 4) is 0 Å². The standard InChI is InChI=1S/C6H8N2OS/c1-2-4(9)6-8-5(7)3-10-6/h2-4,9H,1,7H2. The fraction of sp³-hybridized carbons (Fsp3) is 0.167. The summed E-state index contributed by atoms with van der Waals surface area (Å²) in [6, 6.07) is 0. The van der Waals surface area contributed by atoms with E-state index in [9.17, 15) is 0 Å². The number of thiazole rings is 1. The van der Waals surface area contributed by atoms with Gasteiger partial charge in [-0.15, -0.1) is 17.9 Å². The molecule has 1 heterocycles. The first kappa shape index (κ1) is 7.24. The first-order valence-electron chi connectivity index (χ1n) is 2.75. The lowest BCUT2D eigenvalue weighted by Gasteiger charge is -1.96. The second-order valence-electron chi connectivity index (χ2n) is 1.79. The predicted molar refractivity (Wildman–Crippen MR) is 41.7 cm³/mol. The van der Waals surface area contributed by atoms with Crippen molar-refractivity contribution in [1.29, 1.82) is 0 Å². The van der Waals surface area contributed by atoms with Gasteiger partial charge in [-0.2, -0.15) is 0 Å². The van der Waals surface area contributed by atoms with Crippen LogP contribution in [0.15, 0.2) is 18.0 Å². The average molecular weight is 156 g/mol. The number of aliphatic hydroxyl groups excluding tert-OH is 1. The molecule has 0 fully saturated rings. The molecule has 0 spiro atoms. The van der Waals surface area contributed by atoms with Crippen LogP contribution in [0.2, 0.25) is 0 Å². The largest absolute Gasteiger partial charge is 0.383 e. The van der Waals surface area contributed by atoms with Crippen LogP contribution in [-0.2, 0) is 0 Å². The Hall–Kier alpha value is -0.870. The van der Waals surface area contributed by atoms with Gasteiger partial charge in [0.1, 0.15) is 16.9 Å². The van der Waals surface area contributed by atoms with Crippen molar-refractivity contribution in [3.05, 3.63) is 23.0 Å². The number of hydrogen-bond donors (Lipinski definition) is 2.